The zero-order chi connectivity index (χ0) is 15.8. The van der Waals surface area contributed by atoms with Crippen molar-refractivity contribution in [3.05, 3.63) is 69.2 Å². The third-order valence-electron chi connectivity index (χ3n) is 5.55. The van der Waals surface area contributed by atoms with Crippen LogP contribution in [0.4, 0.5) is 0 Å². The Hall–Kier alpha value is -1.16. The van der Waals surface area contributed by atoms with Gasteiger partial charge in [-0.3, -0.25) is 4.90 Å². The molecule has 1 aliphatic carbocycles. The third-order valence-corrected chi connectivity index (χ3v) is 6.24. The van der Waals surface area contributed by atoms with Crippen LogP contribution in [-0.4, -0.2) is 22.6 Å². The van der Waals surface area contributed by atoms with Crippen molar-refractivity contribution in [3.63, 3.8) is 0 Å². The second-order valence-corrected chi connectivity index (χ2v) is 7.57. The number of hydrogen-bond donors (Lipinski definition) is 1. The summed E-state index contributed by atoms with van der Waals surface area (Å²) in [6.45, 7) is 2.24. The van der Waals surface area contributed by atoms with Crippen LogP contribution in [0.5, 0.6) is 0 Å². The van der Waals surface area contributed by atoms with E-state index in [0.29, 0.717) is 12.0 Å². The second-order valence-electron chi connectivity index (χ2n) is 6.71. The van der Waals surface area contributed by atoms with Gasteiger partial charge in [0.25, 0.3) is 0 Å². The highest BCUT2D eigenvalue weighted by atomic mass is 79.9. The molecule has 0 spiro atoms. The summed E-state index contributed by atoms with van der Waals surface area (Å²) in [6, 6.07) is 15.6. The maximum atomic E-state index is 9.57. The number of aryl methyl sites for hydroxylation is 1. The van der Waals surface area contributed by atoms with Crippen molar-refractivity contribution < 1.29 is 5.11 Å². The zero-order valence-corrected chi connectivity index (χ0v) is 14.8. The lowest BCUT2D eigenvalue weighted by Crippen LogP contribution is -2.35. The van der Waals surface area contributed by atoms with Gasteiger partial charge < -0.3 is 5.11 Å². The van der Waals surface area contributed by atoms with Crippen LogP contribution in [0.2, 0.25) is 0 Å². The zero-order valence-electron chi connectivity index (χ0n) is 13.2. The number of rotatable bonds is 3. The fraction of sp³-hybridized carbons (Fsp3) is 0.400. The number of hydrogen-bond acceptors (Lipinski definition) is 2. The van der Waals surface area contributed by atoms with Gasteiger partial charge in [-0.2, -0.15) is 0 Å². The second kappa shape index (κ2) is 6.39. The average Bonchev–Trinajstić information content (AvgIpc) is 2.98. The van der Waals surface area contributed by atoms with Crippen molar-refractivity contribution in [3.8, 4) is 0 Å². The molecule has 0 saturated carbocycles. The minimum atomic E-state index is 0.131. The highest BCUT2D eigenvalue weighted by molar-refractivity contribution is 9.10. The molecule has 4 rings (SSSR count). The van der Waals surface area contributed by atoms with Crippen LogP contribution in [0.1, 0.15) is 41.0 Å². The third kappa shape index (κ3) is 2.75. The molecule has 120 valence electrons. The van der Waals surface area contributed by atoms with Gasteiger partial charge in [0.2, 0.25) is 0 Å². The predicted octanol–water partition coefficient (Wildman–Crippen LogP) is 4.25. The molecule has 3 heteroatoms. The smallest absolute Gasteiger partial charge is 0.0685 e. The van der Waals surface area contributed by atoms with Crippen molar-refractivity contribution >= 4 is 15.9 Å². The molecule has 0 radical (unpaired) electrons. The molecule has 0 aromatic heterocycles. The molecule has 0 bridgehead atoms. The lowest BCUT2D eigenvalue weighted by molar-refractivity contribution is 0.215. The fourth-order valence-corrected chi connectivity index (χ4v) is 5.14. The van der Waals surface area contributed by atoms with Gasteiger partial charge in [-0.1, -0.05) is 52.3 Å². The quantitative estimate of drug-likeness (QED) is 0.871. The van der Waals surface area contributed by atoms with Crippen LogP contribution in [-0.2, 0) is 19.6 Å². The highest BCUT2D eigenvalue weighted by Gasteiger charge is 2.39. The standard InChI is InChI=1S/C20H22BrNO/c21-18-7-3-6-14-8-9-19-17(20(14)18)10-11-22(19)12-15-4-1-2-5-16(15)13-23/h1-7,17,19,23H,8-13H2. The Morgan fingerprint density at radius 1 is 1.04 bits per heavy atom. The molecule has 0 amide bonds. The summed E-state index contributed by atoms with van der Waals surface area (Å²) < 4.78 is 1.28. The van der Waals surface area contributed by atoms with E-state index in [1.54, 1.807) is 5.56 Å². The van der Waals surface area contributed by atoms with Gasteiger partial charge in [0.05, 0.1) is 6.61 Å². The first-order valence-electron chi connectivity index (χ1n) is 8.47. The normalized spacial score (nSPS) is 23.6. The SMILES string of the molecule is OCc1ccccc1CN1CCC2c3c(Br)cccc3CCC21. The summed E-state index contributed by atoms with van der Waals surface area (Å²) in [6.07, 6.45) is 3.66. The van der Waals surface area contributed by atoms with Gasteiger partial charge in [0.15, 0.2) is 0 Å². The van der Waals surface area contributed by atoms with Crippen LogP contribution < -0.4 is 0 Å². The molecule has 1 aliphatic heterocycles. The Morgan fingerprint density at radius 2 is 1.87 bits per heavy atom. The van der Waals surface area contributed by atoms with E-state index in [1.165, 1.54) is 34.9 Å². The lowest BCUT2D eigenvalue weighted by Gasteiger charge is -2.34. The summed E-state index contributed by atoms with van der Waals surface area (Å²) in [5.41, 5.74) is 5.40. The summed E-state index contributed by atoms with van der Waals surface area (Å²) in [7, 11) is 0. The van der Waals surface area contributed by atoms with E-state index in [-0.39, 0.29) is 6.61 Å². The number of benzene rings is 2. The van der Waals surface area contributed by atoms with E-state index in [1.807, 2.05) is 12.1 Å². The van der Waals surface area contributed by atoms with Crippen molar-refractivity contribution in [2.24, 2.45) is 0 Å². The molecule has 1 saturated heterocycles. The minimum absolute atomic E-state index is 0.131. The first kappa shape index (κ1) is 15.4. The summed E-state index contributed by atoms with van der Waals surface area (Å²) in [5.74, 6) is 0.649. The van der Waals surface area contributed by atoms with Crippen molar-refractivity contribution in [1.82, 2.24) is 4.90 Å². The number of aliphatic hydroxyl groups excluding tert-OH is 1. The molecular weight excluding hydrogens is 350 g/mol. The van der Waals surface area contributed by atoms with Gasteiger partial charge in [0.1, 0.15) is 0 Å². The molecule has 1 heterocycles. The molecule has 2 aromatic rings. The maximum Gasteiger partial charge on any atom is 0.0685 e. The van der Waals surface area contributed by atoms with E-state index in [4.69, 9.17) is 0 Å². The molecule has 2 nitrogen and oxygen atoms in total. The monoisotopic (exact) mass is 371 g/mol. The Bertz CT molecular complexity index is 715. The number of fused-ring (bicyclic) bond motifs is 3. The van der Waals surface area contributed by atoms with E-state index < -0.39 is 0 Å². The van der Waals surface area contributed by atoms with Gasteiger partial charge in [-0.05, 0) is 54.1 Å². The minimum Gasteiger partial charge on any atom is -0.392 e. The summed E-state index contributed by atoms with van der Waals surface area (Å²) in [4.78, 5) is 2.63. The van der Waals surface area contributed by atoms with Crippen LogP contribution in [0.25, 0.3) is 0 Å². The Labute approximate surface area is 146 Å². The van der Waals surface area contributed by atoms with E-state index in [2.05, 4.69) is 51.2 Å². The van der Waals surface area contributed by atoms with Crippen molar-refractivity contribution in [1.29, 1.82) is 0 Å². The number of halogens is 1. The van der Waals surface area contributed by atoms with Gasteiger partial charge in [-0.15, -0.1) is 0 Å². The number of aliphatic hydroxyl groups is 1. The van der Waals surface area contributed by atoms with Gasteiger partial charge in [-0.25, -0.2) is 0 Å². The Balaban J connectivity index is 1.60. The summed E-state index contributed by atoms with van der Waals surface area (Å²) in [5, 5.41) is 9.57. The maximum absolute atomic E-state index is 9.57. The van der Waals surface area contributed by atoms with Crippen molar-refractivity contribution in [2.75, 3.05) is 6.54 Å². The molecule has 1 fully saturated rings. The lowest BCUT2D eigenvalue weighted by atomic mass is 9.79. The molecule has 2 unspecified atom stereocenters. The molecular formula is C20H22BrNO. The van der Waals surface area contributed by atoms with Crippen LogP contribution in [0.3, 0.4) is 0 Å². The first-order chi connectivity index (χ1) is 11.3. The predicted molar refractivity (Wildman–Crippen MR) is 96.4 cm³/mol. The highest BCUT2D eigenvalue weighted by Crippen LogP contribution is 2.44. The Kier molecular flexibility index (Phi) is 4.27. The first-order valence-corrected chi connectivity index (χ1v) is 9.26. The molecule has 2 aliphatic rings. The van der Waals surface area contributed by atoms with Crippen LogP contribution >= 0.6 is 15.9 Å². The molecule has 2 aromatic carbocycles. The fourth-order valence-electron chi connectivity index (χ4n) is 4.44. The summed E-state index contributed by atoms with van der Waals surface area (Å²) >= 11 is 3.78. The van der Waals surface area contributed by atoms with Crippen LogP contribution in [0.15, 0.2) is 46.9 Å². The van der Waals surface area contributed by atoms with Gasteiger partial charge in [0, 0.05) is 23.0 Å². The largest absolute Gasteiger partial charge is 0.392 e. The van der Waals surface area contributed by atoms with Crippen molar-refractivity contribution in [2.45, 2.75) is 44.4 Å². The van der Waals surface area contributed by atoms with Crippen LogP contribution in [0, 0.1) is 0 Å². The number of nitrogens with zero attached hydrogens (tertiary/aromatic N) is 1. The molecule has 23 heavy (non-hydrogen) atoms. The van der Waals surface area contributed by atoms with E-state index in [0.717, 1.165) is 18.7 Å². The van der Waals surface area contributed by atoms with E-state index >= 15 is 0 Å². The number of likely N-dealkylation sites (tertiary alicyclic amines) is 1. The topological polar surface area (TPSA) is 23.5 Å². The Morgan fingerprint density at radius 3 is 2.70 bits per heavy atom. The van der Waals surface area contributed by atoms with Gasteiger partial charge >= 0.3 is 0 Å². The molecule has 1 N–H and O–H groups in total. The van der Waals surface area contributed by atoms with E-state index in [9.17, 15) is 5.11 Å². The molecule has 2 atom stereocenters. The average molecular weight is 372 g/mol.